The number of aromatic carboxylic acids is 1. The fourth-order valence-corrected chi connectivity index (χ4v) is 1.60. The summed E-state index contributed by atoms with van der Waals surface area (Å²) in [6.07, 6.45) is 3.60. The smallest absolute Gasteiger partial charge is 0.335 e. The molecule has 0 bridgehead atoms. The Morgan fingerprint density at radius 2 is 1.68 bits per heavy atom. The molecule has 1 aromatic heterocycles. The first-order valence-corrected chi connectivity index (χ1v) is 5.72. The molecule has 19 heavy (non-hydrogen) atoms. The molecule has 0 saturated carbocycles. The van der Waals surface area contributed by atoms with Crippen molar-refractivity contribution in [1.29, 1.82) is 0 Å². The highest BCUT2D eigenvalue weighted by Crippen LogP contribution is 2.09. The van der Waals surface area contributed by atoms with Crippen molar-refractivity contribution in [1.82, 2.24) is 0 Å². The fraction of sp³-hybridized carbons (Fsp3) is 0.0714. The van der Waals surface area contributed by atoms with Gasteiger partial charge in [0.25, 0.3) is 5.91 Å². The Hall–Kier alpha value is -2.69. The minimum Gasteiger partial charge on any atom is -0.478 e. The van der Waals surface area contributed by atoms with Gasteiger partial charge in [-0.1, -0.05) is 6.07 Å². The molecule has 1 aromatic carbocycles. The number of nitrogens with zero attached hydrogens (tertiary/aromatic N) is 1. The normalized spacial score (nSPS) is 9.89. The van der Waals surface area contributed by atoms with E-state index in [1.165, 1.54) is 12.1 Å². The van der Waals surface area contributed by atoms with E-state index < -0.39 is 5.97 Å². The second-order valence-electron chi connectivity index (χ2n) is 3.98. The molecule has 5 nitrogen and oxygen atoms in total. The van der Waals surface area contributed by atoms with Gasteiger partial charge < -0.3 is 10.4 Å². The van der Waals surface area contributed by atoms with E-state index in [0.29, 0.717) is 5.69 Å². The third kappa shape index (κ3) is 3.64. The van der Waals surface area contributed by atoms with Crippen LogP contribution in [0.25, 0.3) is 0 Å². The third-order valence-corrected chi connectivity index (χ3v) is 2.52. The minimum atomic E-state index is -0.988. The van der Waals surface area contributed by atoms with Crippen LogP contribution < -0.4 is 9.88 Å². The van der Waals surface area contributed by atoms with Crippen molar-refractivity contribution in [2.45, 2.75) is 6.54 Å². The van der Waals surface area contributed by atoms with Crippen LogP contribution in [0.5, 0.6) is 0 Å². The first kappa shape index (κ1) is 12.8. The molecule has 0 saturated heterocycles. The number of carboxylic acids is 1. The molecule has 0 atom stereocenters. The number of carbonyl (C=O) groups excluding carboxylic acids is 1. The summed E-state index contributed by atoms with van der Waals surface area (Å²) < 4.78 is 1.75. The topological polar surface area (TPSA) is 70.3 Å². The molecule has 0 fully saturated rings. The van der Waals surface area contributed by atoms with Gasteiger partial charge in [-0.2, -0.15) is 4.57 Å². The highest BCUT2D eigenvalue weighted by Gasteiger charge is 2.09. The van der Waals surface area contributed by atoms with Crippen LogP contribution in [0.1, 0.15) is 10.4 Å². The van der Waals surface area contributed by atoms with E-state index in [4.69, 9.17) is 5.11 Å². The lowest BCUT2D eigenvalue weighted by molar-refractivity contribution is -0.684. The van der Waals surface area contributed by atoms with Crippen LogP contribution in [0.2, 0.25) is 0 Å². The minimum absolute atomic E-state index is 0.167. The van der Waals surface area contributed by atoms with Crippen molar-refractivity contribution in [2.75, 3.05) is 5.32 Å². The van der Waals surface area contributed by atoms with Gasteiger partial charge in [0.15, 0.2) is 12.4 Å². The monoisotopic (exact) mass is 257 g/mol. The second kappa shape index (κ2) is 5.77. The Morgan fingerprint density at radius 1 is 1.05 bits per heavy atom. The number of carboxylic acid groups (broad SMARTS) is 1. The number of benzene rings is 1. The van der Waals surface area contributed by atoms with Crippen LogP contribution in [-0.4, -0.2) is 17.0 Å². The summed E-state index contributed by atoms with van der Waals surface area (Å²) in [5.41, 5.74) is 0.766. The van der Waals surface area contributed by atoms with Crippen LogP contribution in [-0.2, 0) is 11.3 Å². The molecule has 5 heteroatoms. The van der Waals surface area contributed by atoms with Crippen molar-refractivity contribution in [3.63, 3.8) is 0 Å². The van der Waals surface area contributed by atoms with Gasteiger partial charge in [-0.05, 0) is 24.3 Å². The molecule has 0 aliphatic rings. The molecule has 0 aliphatic heterocycles. The lowest BCUT2D eigenvalue weighted by Crippen LogP contribution is -2.39. The summed E-state index contributed by atoms with van der Waals surface area (Å²) >= 11 is 0. The van der Waals surface area contributed by atoms with Crippen LogP contribution in [0.3, 0.4) is 0 Å². The lowest BCUT2D eigenvalue weighted by atomic mass is 10.2. The Morgan fingerprint density at radius 3 is 2.26 bits per heavy atom. The number of rotatable bonds is 4. The highest BCUT2D eigenvalue weighted by atomic mass is 16.4. The first-order valence-electron chi connectivity index (χ1n) is 5.72. The molecule has 96 valence electrons. The SMILES string of the molecule is O=C(C[n+]1ccccc1)Nc1ccc(C(=O)O)cc1. The lowest BCUT2D eigenvalue weighted by Gasteiger charge is -2.03. The maximum atomic E-state index is 11.8. The van der Waals surface area contributed by atoms with Gasteiger partial charge in [0.1, 0.15) is 0 Å². The zero-order valence-corrected chi connectivity index (χ0v) is 10.1. The Bertz CT molecular complexity index is 579. The van der Waals surface area contributed by atoms with Gasteiger partial charge in [-0.3, -0.25) is 4.79 Å². The van der Waals surface area contributed by atoms with Crippen molar-refractivity contribution >= 4 is 17.6 Å². The van der Waals surface area contributed by atoms with Crippen molar-refractivity contribution in [2.24, 2.45) is 0 Å². The molecular formula is C14H13N2O3+. The van der Waals surface area contributed by atoms with E-state index >= 15 is 0 Å². The number of carbonyl (C=O) groups is 2. The van der Waals surface area contributed by atoms with Gasteiger partial charge in [-0.15, -0.1) is 0 Å². The Balaban J connectivity index is 1.97. The van der Waals surface area contributed by atoms with Crippen molar-refractivity contribution < 1.29 is 19.3 Å². The Labute approximate surface area is 110 Å². The van der Waals surface area contributed by atoms with E-state index in [1.807, 2.05) is 18.2 Å². The second-order valence-corrected chi connectivity index (χ2v) is 3.98. The predicted octanol–water partition coefficient (Wildman–Crippen LogP) is 1.31. The molecule has 2 aromatic rings. The zero-order valence-electron chi connectivity index (χ0n) is 10.1. The number of aromatic nitrogens is 1. The number of anilines is 1. The quantitative estimate of drug-likeness (QED) is 0.811. The molecule has 0 aliphatic carbocycles. The number of nitrogens with one attached hydrogen (secondary N) is 1. The van der Waals surface area contributed by atoms with Crippen molar-refractivity contribution in [3.8, 4) is 0 Å². The summed E-state index contributed by atoms with van der Waals surface area (Å²) in [5.74, 6) is -1.16. The van der Waals surface area contributed by atoms with Gasteiger partial charge in [0.05, 0.1) is 5.56 Å². The maximum absolute atomic E-state index is 11.8. The zero-order chi connectivity index (χ0) is 13.7. The summed E-state index contributed by atoms with van der Waals surface area (Å²) in [4.78, 5) is 22.4. The summed E-state index contributed by atoms with van der Waals surface area (Å²) in [6, 6.07) is 11.6. The van der Waals surface area contributed by atoms with Crippen LogP contribution in [0, 0.1) is 0 Å². The molecule has 1 amide bonds. The molecule has 2 rings (SSSR count). The maximum Gasteiger partial charge on any atom is 0.335 e. The van der Waals surface area contributed by atoms with Gasteiger partial charge >= 0.3 is 5.97 Å². The average Bonchev–Trinajstić information content (AvgIpc) is 2.40. The van der Waals surface area contributed by atoms with E-state index in [-0.39, 0.29) is 18.0 Å². The molecular weight excluding hydrogens is 244 g/mol. The Kier molecular flexibility index (Phi) is 3.87. The summed E-state index contributed by atoms with van der Waals surface area (Å²) in [7, 11) is 0. The third-order valence-electron chi connectivity index (χ3n) is 2.52. The van der Waals surface area contributed by atoms with Gasteiger partial charge in [-0.25, -0.2) is 4.79 Å². The largest absolute Gasteiger partial charge is 0.478 e. The number of hydrogen-bond donors (Lipinski definition) is 2. The van der Waals surface area contributed by atoms with Crippen LogP contribution in [0.4, 0.5) is 5.69 Å². The predicted molar refractivity (Wildman–Crippen MR) is 68.7 cm³/mol. The number of pyridine rings is 1. The molecule has 0 spiro atoms. The van der Waals surface area contributed by atoms with Gasteiger partial charge in [0, 0.05) is 17.8 Å². The van der Waals surface area contributed by atoms with E-state index in [0.717, 1.165) is 0 Å². The van der Waals surface area contributed by atoms with E-state index in [2.05, 4.69) is 5.32 Å². The first-order chi connectivity index (χ1) is 9.15. The number of hydrogen-bond acceptors (Lipinski definition) is 2. The molecule has 0 unspecified atom stereocenters. The van der Waals surface area contributed by atoms with Gasteiger partial charge in [0.2, 0.25) is 6.54 Å². The summed E-state index contributed by atoms with van der Waals surface area (Å²) in [6.45, 7) is 0.210. The summed E-state index contributed by atoms with van der Waals surface area (Å²) in [5, 5.41) is 11.5. The van der Waals surface area contributed by atoms with Crippen molar-refractivity contribution in [3.05, 3.63) is 60.4 Å². The van der Waals surface area contributed by atoms with Crippen LogP contribution >= 0.6 is 0 Å². The molecule has 0 radical (unpaired) electrons. The molecule has 1 heterocycles. The van der Waals surface area contributed by atoms with E-state index in [1.54, 1.807) is 29.1 Å². The molecule has 2 N–H and O–H groups in total. The fourth-order valence-electron chi connectivity index (χ4n) is 1.60. The average molecular weight is 257 g/mol. The van der Waals surface area contributed by atoms with Crippen LogP contribution in [0.15, 0.2) is 54.9 Å². The highest BCUT2D eigenvalue weighted by molar-refractivity contribution is 5.91. The standard InChI is InChI=1S/C14H12N2O3/c17-13(10-16-8-2-1-3-9-16)15-12-6-4-11(5-7-12)14(18)19/h1-9H,10H2,(H-,15,17,18,19)/p+1. The number of amides is 1. The van der Waals surface area contributed by atoms with E-state index in [9.17, 15) is 9.59 Å².